The molecule has 0 aromatic rings. The van der Waals surface area contributed by atoms with Gasteiger partial charge in [0, 0.05) is 32.1 Å². The van der Waals surface area contributed by atoms with Crippen molar-refractivity contribution in [3.8, 4) is 0 Å². The molecule has 0 bridgehead atoms. The van der Waals surface area contributed by atoms with E-state index in [4.69, 9.17) is 23.7 Å². The summed E-state index contributed by atoms with van der Waals surface area (Å²) in [5.74, 6) is -1.61. The van der Waals surface area contributed by atoms with Gasteiger partial charge >= 0.3 is 5.97 Å². The van der Waals surface area contributed by atoms with Crippen molar-refractivity contribution >= 4 is 5.97 Å². The second-order valence-corrected chi connectivity index (χ2v) is 9.47. The lowest BCUT2D eigenvalue weighted by Crippen LogP contribution is -2.62. The van der Waals surface area contributed by atoms with Crippen LogP contribution in [0.3, 0.4) is 0 Å². The molecule has 0 radical (unpaired) electrons. The maximum atomic E-state index is 12.3. The summed E-state index contributed by atoms with van der Waals surface area (Å²) in [6.45, 7) is 1.93. The Balaban J connectivity index is 1.43. The lowest BCUT2D eigenvalue weighted by atomic mass is 9.85. The minimum Gasteiger partial charge on any atom is -0.457 e. The quantitative estimate of drug-likeness (QED) is 0.716. The lowest BCUT2D eigenvalue weighted by Gasteiger charge is -2.40. The van der Waals surface area contributed by atoms with Gasteiger partial charge in [-0.1, -0.05) is 19.8 Å². The first-order chi connectivity index (χ1) is 14.0. The first-order valence-corrected chi connectivity index (χ1v) is 11.6. The number of hydrogen-bond donors (Lipinski definition) is 1. The molecule has 3 aliphatic carbocycles. The van der Waals surface area contributed by atoms with Crippen LogP contribution in [-0.2, 0) is 28.5 Å². The Morgan fingerprint density at radius 2 is 1.31 bits per heavy atom. The average Bonchev–Trinajstić information content (AvgIpc) is 3.26. The fraction of sp³-hybridized carbons (Fsp3) is 0.955. The van der Waals surface area contributed by atoms with Crippen molar-refractivity contribution < 1.29 is 33.6 Å². The van der Waals surface area contributed by atoms with Crippen LogP contribution < -0.4 is 0 Å². The molecule has 2 saturated heterocycles. The molecule has 164 valence electrons. The van der Waals surface area contributed by atoms with Crippen LogP contribution in [0.4, 0.5) is 0 Å². The van der Waals surface area contributed by atoms with E-state index in [1.165, 1.54) is 12.8 Å². The maximum absolute atomic E-state index is 12.3. The van der Waals surface area contributed by atoms with Gasteiger partial charge in [0.1, 0.15) is 30.5 Å². The van der Waals surface area contributed by atoms with Crippen molar-refractivity contribution in [3.63, 3.8) is 0 Å². The van der Waals surface area contributed by atoms with Crippen LogP contribution in [0.5, 0.6) is 0 Å². The van der Waals surface area contributed by atoms with Crippen LogP contribution >= 0.6 is 0 Å². The molecule has 0 aromatic carbocycles. The number of fused-ring (bicyclic) bond motifs is 3. The zero-order valence-electron chi connectivity index (χ0n) is 17.3. The number of hydrogen-bond acceptors (Lipinski definition) is 7. The molecule has 29 heavy (non-hydrogen) atoms. The summed E-state index contributed by atoms with van der Waals surface area (Å²) in [5, 5.41) is 11.2. The Morgan fingerprint density at radius 3 is 1.86 bits per heavy atom. The third-order valence-electron chi connectivity index (χ3n) is 7.32. The van der Waals surface area contributed by atoms with Crippen LogP contribution in [0.25, 0.3) is 0 Å². The smallest absolute Gasteiger partial charge is 0.306 e. The van der Waals surface area contributed by atoms with E-state index in [0.717, 1.165) is 51.4 Å². The van der Waals surface area contributed by atoms with Crippen molar-refractivity contribution in [1.82, 2.24) is 0 Å². The van der Waals surface area contributed by atoms with Gasteiger partial charge in [0.2, 0.25) is 0 Å². The van der Waals surface area contributed by atoms with E-state index in [0.29, 0.717) is 12.8 Å². The van der Waals surface area contributed by atoms with Crippen LogP contribution in [0.15, 0.2) is 0 Å². The lowest BCUT2D eigenvalue weighted by molar-refractivity contribution is -0.226. The van der Waals surface area contributed by atoms with Gasteiger partial charge < -0.3 is 28.8 Å². The summed E-state index contributed by atoms with van der Waals surface area (Å²) in [6.07, 6.45) is 7.28. The SMILES string of the molecule is CCCC(=O)O[C@H]1[C@H](O)[C@H]2OC3(CCCCC3)O[C@@H]2[C@H]2OC3(CCCCC3)O[C@H]21. The summed E-state index contributed by atoms with van der Waals surface area (Å²) < 4.78 is 31.6. The first-order valence-electron chi connectivity index (χ1n) is 11.6. The van der Waals surface area contributed by atoms with E-state index in [-0.39, 0.29) is 12.1 Å². The summed E-state index contributed by atoms with van der Waals surface area (Å²) in [7, 11) is 0. The van der Waals surface area contributed by atoms with Crippen molar-refractivity contribution in [2.75, 3.05) is 0 Å². The molecule has 7 heteroatoms. The van der Waals surface area contributed by atoms with Crippen LogP contribution in [0, 0.1) is 0 Å². The Morgan fingerprint density at radius 1 is 0.828 bits per heavy atom. The van der Waals surface area contributed by atoms with Gasteiger partial charge in [-0.15, -0.1) is 0 Å². The molecule has 7 nitrogen and oxygen atoms in total. The molecule has 6 atom stereocenters. The van der Waals surface area contributed by atoms with Gasteiger partial charge in [-0.25, -0.2) is 0 Å². The second-order valence-electron chi connectivity index (χ2n) is 9.47. The van der Waals surface area contributed by atoms with E-state index in [9.17, 15) is 9.90 Å². The molecule has 2 heterocycles. The highest BCUT2D eigenvalue weighted by atomic mass is 16.8. The van der Waals surface area contributed by atoms with Crippen molar-refractivity contribution in [2.45, 2.75) is 132 Å². The third-order valence-corrected chi connectivity index (χ3v) is 7.32. The van der Waals surface area contributed by atoms with Crippen molar-refractivity contribution in [3.05, 3.63) is 0 Å². The fourth-order valence-corrected chi connectivity index (χ4v) is 5.93. The average molecular weight is 411 g/mol. The molecule has 0 aromatic heterocycles. The van der Waals surface area contributed by atoms with Crippen LogP contribution in [0.2, 0.25) is 0 Å². The minimum absolute atomic E-state index is 0.312. The normalized spacial score (nSPS) is 42.6. The van der Waals surface area contributed by atoms with Crippen LogP contribution in [0.1, 0.15) is 84.0 Å². The summed E-state index contributed by atoms with van der Waals surface area (Å²) in [4.78, 5) is 12.3. The number of carbonyl (C=O) groups is 1. The zero-order valence-corrected chi connectivity index (χ0v) is 17.3. The Kier molecular flexibility index (Phi) is 5.40. The predicted molar refractivity (Wildman–Crippen MR) is 102 cm³/mol. The standard InChI is InChI=1S/C22H34O7/c1-2-9-14(23)25-16-15(24)17-19(28-21(26-17)10-5-3-6-11-21)20-18(16)27-22(29-20)12-7-4-8-13-22/h15-20,24H,2-13H2,1H3/t15-,16-,17+,18-,19-,20-/m0/s1. The van der Waals surface area contributed by atoms with E-state index >= 15 is 0 Å². The number of esters is 1. The molecular formula is C22H34O7. The minimum atomic E-state index is -0.981. The topological polar surface area (TPSA) is 83.5 Å². The van der Waals surface area contributed by atoms with Gasteiger partial charge in [0.05, 0.1) is 0 Å². The molecule has 5 fully saturated rings. The van der Waals surface area contributed by atoms with Crippen molar-refractivity contribution in [1.29, 1.82) is 0 Å². The number of aliphatic hydroxyl groups excluding tert-OH is 1. The first kappa shape index (κ1) is 20.2. The number of carbonyl (C=O) groups excluding carboxylic acids is 1. The van der Waals surface area contributed by atoms with E-state index in [1.807, 2.05) is 6.92 Å². The van der Waals surface area contributed by atoms with Gasteiger partial charge in [0.25, 0.3) is 0 Å². The van der Waals surface area contributed by atoms with Gasteiger partial charge in [-0.3, -0.25) is 4.79 Å². The van der Waals surface area contributed by atoms with E-state index < -0.39 is 42.1 Å². The number of ether oxygens (including phenoxy) is 5. The highest BCUT2D eigenvalue weighted by Gasteiger charge is 2.67. The number of aliphatic hydroxyl groups is 1. The largest absolute Gasteiger partial charge is 0.457 e. The van der Waals surface area contributed by atoms with E-state index in [2.05, 4.69) is 0 Å². The maximum Gasteiger partial charge on any atom is 0.306 e. The predicted octanol–water partition coefficient (Wildman–Crippen LogP) is 2.96. The van der Waals surface area contributed by atoms with Gasteiger partial charge in [0.15, 0.2) is 17.7 Å². The molecule has 2 aliphatic heterocycles. The molecule has 1 N–H and O–H groups in total. The number of rotatable bonds is 3. The molecular weight excluding hydrogens is 376 g/mol. The van der Waals surface area contributed by atoms with Crippen molar-refractivity contribution in [2.24, 2.45) is 0 Å². The fourth-order valence-electron chi connectivity index (χ4n) is 5.93. The monoisotopic (exact) mass is 410 g/mol. The Hall–Kier alpha value is -0.730. The zero-order chi connectivity index (χ0) is 20.1. The molecule has 5 rings (SSSR count). The molecule has 3 saturated carbocycles. The Bertz CT molecular complexity index is 610. The van der Waals surface area contributed by atoms with Crippen LogP contribution in [-0.4, -0.2) is 59.3 Å². The summed E-state index contributed by atoms with van der Waals surface area (Å²) >= 11 is 0. The Labute approximate surface area is 172 Å². The summed E-state index contributed by atoms with van der Waals surface area (Å²) in [6, 6.07) is 0. The third kappa shape index (κ3) is 3.53. The molecule has 5 aliphatic rings. The summed E-state index contributed by atoms with van der Waals surface area (Å²) in [5.41, 5.74) is 0. The molecule has 0 unspecified atom stereocenters. The van der Waals surface area contributed by atoms with Gasteiger partial charge in [-0.05, 0) is 32.1 Å². The second kappa shape index (κ2) is 7.75. The van der Waals surface area contributed by atoms with E-state index in [1.54, 1.807) is 0 Å². The van der Waals surface area contributed by atoms with Gasteiger partial charge in [-0.2, -0.15) is 0 Å². The molecule has 0 amide bonds. The highest BCUT2D eigenvalue weighted by Crippen LogP contribution is 2.51. The highest BCUT2D eigenvalue weighted by molar-refractivity contribution is 5.69. The molecule has 2 spiro atoms.